The van der Waals surface area contributed by atoms with Crippen molar-refractivity contribution in [3.05, 3.63) is 95.0 Å². The standard InChI is InChI=1S/C25H30BrNOSSi/c1-25(2,3)30(23-14-7-5-8-15-23,24-16-9-6-10-17-24)27-29(4,28)19-18-21-12-11-13-22(26)20-21/h5-17,20H,18-19H2,1-4H3. The first-order chi connectivity index (χ1) is 14.1. The number of hydrogen-bond acceptors (Lipinski definition) is 2. The maximum atomic E-state index is 13.9. The molecule has 0 saturated carbocycles. The molecule has 0 aromatic heterocycles. The summed E-state index contributed by atoms with van der Waals surface area (Å²) >= 11 is 3.53. The predicted molar refractivity (Wildman–Crippen MR) is 137 cm³/mol. The van der Waals surface area contributed by atoms with Gasteiger partial charge in [0.05, 0.1) is 0 Å². The van der Waals surface area contributed by atoms with Gasteiger partial charge in [-0.25, -0.2) is 0 Å². The molecule has 3 aromatic carbocycles. The monoisotopic (exact) mass is 499 g/mol. The van der Waals surface area contributed by atoms with Crippen LogP contribution in [0.1, 0.15) is 26.3 Å². The van der Waals surface area contributed by atoms with Gasteiger partial charge < -0.3 is 0 Å². The van der Waals surface area contributed by atoms with E-state index >= 15 is 0 Å². The molecule has 0 bridgehead atoms. The van der Waals surface area contributed by atoms with Gasteiger partial charge >= 0.3 is 0 Å². The van der Waals surface area contributed by atoms with Gasteiger partial charge in [-0.05, 0) is 39.5 Å². The Labute approximate surface area is 191 Å². The number of nitrogens with zero attached hydrogens (tertiary/aromatic N) is 1. The Bertz CT molecular complexity index is 1060. The van der Waals surface area contributed by atoms with Crippen LogP contribution in [0.4, 0.5) is 0 Å². The first-order valence-corrected chi connectivity index (χ1v) is 15.0. The highest BCUT2D eigenvalue weighted by Crippen LogP contribution is 2.37. The summed E-state index contributed by atoms with van der Waals surface area (Å²) in [6, 6.07) is 29.2. The van der Waals surface area contributed by atoms with Crippen LogP contribution in [0.15, 0.2) is 93.4 Å². The minimum absolute atomic E-state index is 0.135. The van der Waals surface area contributed by atoms with E-state index in [4.69, 9.17) is 4.03 Å². The van der Waals surface area contributed by atoms with Gasteiger partial charge in [-0.3, -0.25) is 8.24 Å². The summed E-state index contributed by atoms with van der Waals surface area (Å²) in [6.45, 7) is 6.73. The molecule has 0 amide bonds. The van der Waals surface area contributed by atoms with Gasteiger partial charge in [0, 0.05) is 26.2 Å². The van der Waals surface area contributed by atoms with E-state index in [1.807, 2.05) is 30.5 Å². The topological polar surface area (TPSA) is 29.4 Å². The Morgan fingerprint density at radius 2 is 1.40 bits per heavy atom. The summed E-state index contributed by atoms with van der Waals surface area (Å²) in [4.78, 5) is 0. The minimum atomic E-state index is -2.69. The molecule has 0 spiro atoms. The normalized spacial score (nSPS) is 14.2. The van der Waals surface area contributed by atoms with E-state index in [1.165, 1.54) is 15.9 Å². The molecule has 5 heteroatoms. The maximum absolute atomic E-state index is 13.9. The van der Waals surface area contributed by atoms with Crippen LogP contribution in [-0.2, 0) is 16.1 Å². The van der Waals surface area contributed by atoms with E-state index in [0.29, 0.717) is 5.75 Å². The highest BCUT2D eigenvalue weighted by Gasteiger charge is 2.49. The van der Waals surface area contributed by atoms with Crippen molar-refractivity contribution in [2.45, 2.75) is 32.2 Å². The second-order valence-corrected chi connectivity index (χ2v) is 16.9. The zero-order valence-electron chi connectivity index (χ0n) is 18.1. The third kappa shape index (κ3) is 5.13. The fourth-order valence-electron chi connectivity index (χ4n) is 3.97. The molecular weight excluding hydrogens is 470 g/mol. The number of hydrogen-bond donors (Lipinski definition) is 0. The van der Waals surface area contributed by atoms with Crippen LogP contribution in [0, 0.1) is 0 Å². The second kappa shape index (κ2) is 9.21. The number of aryl methyl sites for hydroxylation is 1. The fraction of sp³-hybridized carbons (Fsp3) is 0.280. The van der Waals surface area contributed by atoms with E-state index in [1.54, 1.807) is 0 Å². The van der Waals surface area contributed by atoms with Gasteiger partial charge in [-0.2, -0.15) is 0 Å². The minimum Gasteiger partial charge on any atom is -0.266 e. The lowest BCUT2D eigenvalue weighted by Gasteiger charge is -2.40. The van der Waals surface area contributed by atoms with Crippen molar-refractivity contribution in [2.24, 2.45) is 4.03 Å². The molecule has 0 aliphatic rings. The van der Waals surface area contributed by atoms with Gasteiger partial charge in [0.2, 0.25) is 0 Å². The van der Waals surface area contributed by atoms with Crippen LogP contribution in [-0.4, -0.2) is 24.5 Å². The van der Waals surface area contributed by atoms with Crippen molar-refractivity contribution in [1.82, 2.24) is 0 Å². The highest BCUT2D eigenvalue weighted by atomic mass is 79.9. The van der Waals surface area contributed by atoms with Crippen molar-refractivity contribution in [2.75, 3.05) is 12.0 Å². The van der Waals surface area contributed by atoms with Crippen LogP contribution in [0.5, 0.6) is 0 Å². The summed E-state index contributed by atoms with van der Waals surface area (Å²) < 4.78 is 20.3. The average Bonchev–Trinajstić information content (AvgIpc) is 2.71. The van der Waals surface area contributed by atoms with Gasteiger partial charge in [0.25, 0.3) is 8.24 Å². The van der Waals surface area contributed by atoms with Crippen LogP contribution in [0.25, 0.3) is 0 Å². The zero-order chi connectivity index (χ0) is 21.8. The lowest BCUT2D eigenvalue weighted by Crippen LogP contribution is -2.63. The molecule has 0 N–H and O–H groups in total. The van der Waals surface area contributed by atoms with Gasteiger partial charge in [0.1, 0.15) is 0 Å². The van der Waals surface area contributed by atoms with Crippen LogP contribution < -0.4 is 10.4 Å². The largest absolute Gasteiger partial charge is 0.266 e. The Morgan fingerprint density at radius 3 is 1.87 bits per heavy atom. The molecule has 0 fully saturated rings. The Balaban J connectivity index is 2.15. The SMILES string of the molecule is CC(C)(C)[Si](N=S(C)(=O)CCc1cccc(Br)c1)(c1ccccc1)c1ccccc1. The molecule has 0 heterocycles. The molecule has 3 aromatic rings. The molecule has 1 unspecified atom stereocenters. The smallest absolute Gasteiger partial charge is 0.259 e. The van der Waals surface area contributed by atoms with Crippen LogP contribution in [0.3, 0.4) is 0 Å². The molecule has 1 atom stereocenters. The molecule has 0 radical (unpaired) electrons. The van der Waals surface area contributed by atoms with E-state index in [0.717, 1.165) is 10.9 Å². The van der Waals surface area contributed by atoms with E-state index in [2.05, 4.69) is 97.4 Å². The molecule has 2 nitrogen and oxygen atoms in total. The molecule has 0 saturated heterocycles. The van der Waals surface area contributed by atoms with Crippen molar-refractivity contribution >= 4 is 44.3 Å². The Hall–Kier alpha value is -1.69. The van der Waals surface area contributed by atoms with Crippen molar-refractivity contribution in [3.8, 4) is 0 Å². The Kier molecular flexibility index (Phi) is 7.05. The number of benzene rings is 3. The van der Waals surface area contributed by atoms with Gasteiger partial charge in [-0.15, -0.1) is 0 Å². The first-order valence-electron chi connectivity index (χ1n) is 10.2. The first kappa shape index (κ1) is 23.0. The van der Waals surface area contributed by atoms with Gasteiger partial charge in [-0.1, -0.05) is 109 Å². The highest BCUT2D eigenvalue weighted by molar-refractivity contribution is 9.10. The third-order valence-corrected chi connectivity index (χ3v) is 14.1. The summed E-state index contributed by atoms with van der Waals surface area (Å²) in [5.74, 6) is 0.550. The van der Waals surface area contributed by atoms with Gasteiger partial charge in [0.15, 0.2) is 0 Å². The predicted octanol–water partition coefficient (Wildman–Crippen LogP) is 5.65. The second-order valence-electron chi connectivity index (χ2n) is 8.83. The maximum Gasteiger partial charge on any atom is 0.259 e. The summed E-state index contributed by atoms with van der Waals surface area (Å²) in [7, 11) is -5.10. The summed E-state index contributed by atoms with van der Waals surface area (Å²) in [5, 5.41) is 2.28. The number of halogens is 1. The molecule has 158 valence electrons. The quantitative estimate of drug-likeness (QED) is 0.402. The van der Waals surface area contributed by atoms with E-state index < -0.39 is 18.0 Å². The van der Waals surface area contributed by atoms with E-state index in [-0.39, 0.29) is 5.04 Å². The lowest BCUT2D eigenvalue weighted by atomic mass is 10.2. The van der Waals surface area contributed by atoms with Crippen molar-refractivity contribution in [1.29, 1.82) is 0 Å². The van der Waals surface area contributed by atoms with Crippen LogP contribution >= 0.6 is 15.9 Å². The summed E-state index contributed by atoms with van der Waals surface area (Å²) in [6.07, 6.45) is 2.58. The molecular formula is C25H30BrNOSSi. The fourth-order valence-corrected chi connectivity index (χ4v) is 13.1. The molecule has 0 aliphatic heterocycles. The molecule has 3 rings (SSSR count). The van der Waals surface area contributed by atoms with Crippen LogP contribution in [0.2, 0.25) is 5.04 Å². The van der Waals surface area contributed by atoms with E-state index in [9.17, 15) is 4.21 Å². The Morgan fingerprint density at radius 1 is 0.867 bits per heavy atom. The lowest BCUT2D eigenvalue weighted by molar-refractivity contribution is 0.678. The number of rotatable bonds is 6. The third-order valence-electron chi connectivity index (χ3n) is 5.46. The van der Waals surface area contributed by atoms with Crippen molar-refractivity contribution < 1.29 is 4.21 Å². The average molecular weight is 501 g/mol. The molecule has 30 heavy (non-hydrogen) atoms. The molecule has 0 aliphatic carbocycles. The zero-order valence-corrected chi connectivity index (χ0v) is 21.5. The van der Waals surface area contributed by atoms with Crippen molar-refractivity contribution in [3.63, 3.8) is 0 Å². The summed E-state index contributed by atoms with van der Waals surface area (Å²) in [5.41, 5.74) is 1.18.